The smallest absolute Gasteiger partial charge is 0.366 e. The fourth-order valence-corrected chi connectivity index (χ4v) is 3.49. The Kier molecular flexibility index (Phi) is 5.56. The van der Waals surface area contributed by atoms with Gasteiger partial charge in [-0.1, -0.05) is 35.5 Å². The SMILES string of the molecule is Cc1cc(C(F)(C(F)(F)F)C(F)(F)F)cc(C)c1-c1cc(-c2ccccc2C(N)=O)on1. The molecule has 0 bridgehead atoms. The van der Waals surface area contributed by atoms with E-state index in [1.54, 1.807) is 12.1 Å². The second kappa shape index (κ2) is 7.64. The summed E-state index contributed by atoms with van der Waals surface area (Å²) in [7, 11) is 0. The first-order valence-corrected chi connectivity index (χ1v) is 8.99. The number of carbonyl (C=O) groups excluding carboxylic acids is 1. The maximum absolute atomic E-state index is 14.4. The highest BCUT2D eigenvalue weighted by molar-refractivity contribution is 5.99. The molecular formula is C21H15F7N2O2. The van der Waals surface area contributed by atoms with E-state index in [0.717, 1.165) is 0 Å². The van der Waals surface area contributed by atoms with E-state index in [1.807, 2.05) is 0 Å². The minimum atomic E-state index is -6.22. The molecule has 32 heavy (non-hydrogen) atoms. The van der Waals surface area contributed by atoms with Crippen LogP contribution in [-0.4, -0.2) is 23.4 Å². The van der Waals surface area contributed by atoms with Crippen molar-refractivity contribution in [1.29, 1.82) is 0 Å². The van der Waals surface area contributed by atoms with Gasteiger partial charge in [-0.3, -0.25) is 4.79 Å². The van der Waals surface area contributed by atoms with Gasteiger partial charge in [0.25, 0.3) is 0 Å². The van der Waals surface area contributed by atoms with Crippen LogP contribution >= 0.6 is 0 Å². The van der Waals surface area contributed by atoms with Gasteiger partial charge in [-0.05, 0) is 31.0 Å². The molecule has 0 aliphatic carbocycles. The van der Waals surface area contributed by atoms with Gasteiger partial charge in [0.05, 0.1) is 5.56 Å². The van der Waals surface area contributed by atoms with E-state index in [0.29, 0.717) is 17.7 Å². The fourth-order valence-electron chi connectivity index (χ4n) is 3.49. The standard InChI is InChI=1S/C21H15F7N2O2/c1-10-7-12(19(22,20(23,24)25)21(26,27)28)8-11(2)17(10)15-9-16(32-30-15)13-5-3-4-6-14(13)18(29)31/h3-9H,1-2H3,(H2,29,31). The maximum Gasteiger partial charge on any atom is 0.435 e. The molecular weight excluding hydrogens is 445 g/mol. The number of amides is 1. The highest BCUT2D eigenvalue weighted by Crippen LogP contribution is 2.54. The molecule has 0 saturated carbocycles. The number of halogens is 7. The van der Waals surface area contributed by atoms with E-state index in [9.17, 15) is 35.5 Å². The van der Waals surface area contributed by atoms with Gasteiger partial charge in [0, 0.05) is 22.8 Å². The van der Waals surface area contributed by atoms with E-state index in [4.69, 9.17) is 10.3 Å². The van der Waals surface area contributed by atoms with Crippen molar-refractivity contribution in [2.24, 2.45) is 5.73 Å². The van der Waals surface area contributed by atoms with E-state index in [2.05, 4.69) is 5.16 Å². The normalized spacial score (nSPS) is 12.8. The van der Waals surface area contributed by atoms with Gasteiger partial charge in [0.15, 0.2) is 5.76 Å². The quantitative estimate of drug-likeness (QED) is 0.485. The Hall–Kier alpha value is -3.37. The molecule has 2 aromatic carbocycles. The highest BCUT2D eigenvalue weighted by atomic mass is 19.4. The van der Waals surface area contributed by atoms with Crippen LogP contribution in [0.5, 0.6) is 0 Å². The third-order valence-corrected chi connectivity index (χ3v) is 4.94. The largest absolute Gasteiger partial charge is 0.435 e. The van der Waals surface area contributed by atoms with Crippen molar-refractivity contribution in [2.45, 2.75) is 31.9 Å². The number of nitrogens with two attached hydrogens (primary N) is 1. The third-order valence-electron chi connectivity index (χ3n) is 4.94. The Labute approximate surface area is 176 Å². The fraction of sp³-hybridized carbons (Fsp3) is 0.238. The first-order chi connectivity index (χ1) is 14.7. The minimum absolute atomic E-state index is 0.0734. The van der Waals surface area contributed by atoms with Crippen molar-refractivity contribution in [3.63, 3.8) is 0 Å². The van der Waals surface area contributed by atoms with Crippen molar-refractivity contribution in [2.75, 3.05) is 0 Å². The lowest BCUT2D eigenvalue weighted by Gasteiger charge is -2.31. The zero-order valence-corrected chi connectivity index (χ0v) is 16.5. The molecule has 1 heterocycles. The molecule has 0 aliphatic rings. The number of nitrogens with zero attached hydrogens (tertiary/aromatic N) is 1. The van der Waals surface area contributed by atoms with Gasteiger partial charge < -0.3 is 10.3 Å². The van der Waals surface area contributed by atoms with Gasteiger partial charge >= 0.3 is 18.0 Å². The number of rotatable bonds is 4. The number of benzene rings is 2. The number of hydrogen-bond acceptors (Lipinski definition) is 3. The number of primary amides is 1. The number of carbonyl (C=O) groups is 1. The predicted molar refractivity (Wildman–Crippen MR) is 100 cm³/mol. The van der Waals surface area contributed by atoms with E-state index in [-0.39, 0.29) is 33.7 Å². The molecule has 3 rings (SSSR count). The van der Waals surface area contributed by atoms with Crippen LogP contribution in [0.4, 0.5) is 30.7 Å². The summed E-state index contributed by atoms with van der Waals surface area (Å²) in [5, 5.41) is 3.81. The predicted octanol–water partition coefficient (Wildman–Crippen LogP) is 6.01. The summed E-state index contributed by atoms with van der Waals surface area (Å²) < 4.78 is 98.3. The topological polar surface area (TPSA) is 69.1 Å². The van der Waals surface area contributed by atoms with Crippen molar-refractivity contribution in [3.8, 4) is 22.6 Å². The summed E-state index contributed by atoms with van der Waals surface area (Å²) in [5.41, 5.74) is -1.32. The van der Waals surface area contributed by atoms with Crippen molar-refractivity contribution in [1.82, 2.24) is 5.16 Å². The van der Waals surface area contributed by atoms with Crippen LogP contribution in [0.15, 0.2) is 47.0 Å². The minimum Gasteiger partial charge on any atom is -0.366 e. The summed E-state index contributed by atoms with van der Waals surface area (Å²) >= 11 is 0. The summed E-state index contributed by atoms with van der Waals surface area (Å²) in [6.07, 6.45) is -12.4. The maximum atomic E-state index is 14.4. The molecule has 2 N–H and O–H groups in total. The number of aryl methyl sites for hydroxylation is 2. The molecule has 0 unspecified atom stereocenters. The molecule has 0 atom stereocenters. The second-order valence-electron chi connectivity index (χ2n) is 7.13. The molecule has 0 spiro atoms. The van der Waals surface area contributed by atoms with Crippen molar-refractivity contribution in [3.05, 3.63) is 64.7 Å². The molecule has 0 aliphatic heterocycles. The summed E-state index contributed by atoms with van der Waals surface area (Å²) in [4.78, 5) is 11.6. The molecule has 0 radical (unpaired) electrons. The van der Waals surface area contributed by atoms with E-state index >= 15 is 0 Å². The van der Waals surface area contributed by atoms with Gasteiger partial charge in [0.2, 0.25) is 5.91 Å². The number of alkyl halides is 7. The lowest BCUT2D eigenvalue weighted by Crippen LogP contribution is -2.50. The van der Waals surface area contributed by atoms with Crippen LogP contribution in [0.25, 0.3) is 22.6 Å². The summed E-state index contributed by atoms with van der Waals surface area (Å²) in [5.74, 6) is -0.642. The van der Waals surface area contributed by atoms with Crippen LogP contribution < -0.4 is 5.73 Å². The first kappa shape index (κ1) is 23.3. The summed E-state index contributed by atoms with van der Waals surface area (Å²) in [6.45, 7) is 2.45. The van der Waals surface area contributed by atoms with Crippen LogP contribution in [0.3, 0.4) is 0 Å². The molecule has 3 aromatic rings. The zero-order chi connectivity index (χ0) is 24.1. The molecule has 11 heteroatoms. The number of hydrogen-bond donors (Lipinski definition) is 1. The van der Waals surface area contributed by atoms with E-state index in [1.165, 1.54) is 32.0 Å². The Morgan fingerprint density at radius 1 is 0.906 bits per heavy atom. The van der Waals surface area contributed by atoms with Gasteiger partial charge in [-0.15, -0.1) is 0 Å². The monoisotopic (exact) mass is 460 g/mol. The lowest BCUT2D eigenvalue weighted by molar-refractivity contribution is -0.348. The Bertz CT molecular complexity index is 1140. The van der Waals surface area contributed by atoms with Crippen LogP contribution in [-0.2, 0) is 5.67 Å². The van der Waals surface area contributed by atoms with E-state index < -0.39 is 29.5 Å². The average molecular weight is 460 g/mol. The molecule has 0 fully saturated rings. The highest BCUT2D eigenvalue weighted by Gasteiger charge is 2.73. The van der Waals surface area contributed by atoms with Crippen LogP contribution in [0.2, 0.25) is 0 Å². The van der Waals surface area contributed by atoms with Crippen molar-refractivity contribution >= 4 is 5.91 Å². The van der Waals surface area contributed by atoms with Gasteiger partial charge in [-0.25, -0.2) is 4.39 Å². The van der Waals surface area contributed by atoms with Crippen LogP contribution in [0.1, 0.15) is 27.0 Å². The van der Waals surface area contributed by atoms with Crippen LogP contribution in [0, 0.1) is 13.8 Å². The molecule has 4 nitrogen and oxygen atoms in total. The molecule has 0 saturated heterocycles. The molecule has 170 valence electrons. The van der Waals surface area contributed by atoms with Gasteiger partial charge in [0.1, 0.15) is 5.69 Å². The Balaban J connectivity index is 2.13. The molecule has 1 aromatic heterocycles. The zero-order valence-electron chi connectivity index (χ0n) is 16.5. The second-order valence-corrected chi connectivity index (χ2v) is 7.13. The first-order valence-electron chi connectivity index (χ1n) is 8.99. The lowest BCUT2D eigenvalue weighted by atomic mass is 9.88. The van der Waals surface area contributed by atoms with Crippen molar-refractivity contribution < 1.29 is 40.1 Å². The summed E-state index contributed by atoms with van der Waals surface area (Å²) in [6, 6.07) is 8.46. The van der Waals surface area contributed by atoms with Gasteiger partial charge in [-0.2, -0.15) is 26.3 Å². The Morgan fingerprint density at radius 3 is 1.94 bits per heavy atom. The number of aromatic nitrogens is 1. The Morgan fingerprint density at radius 2 is 1.44 bits per heavy atom. The molecule has 1 amide bonds. The third kappa shape index (κ3) is 3.71. The average Bonchev–Trinajstić information content (AvgIpc) is 3.14.